The lowest BCUT2D eigenvalue weighted by Gasteiger charge is -2.16. The Morgan fingerprint density at radius 1 is 1.36 bits per heavy atom. The van der Waals surface area contributed by atoms with E-state index in [1.807, 2.05) is 12.1 Å². The molecule has 3 rings (SSSR count). The van der Waals surface area contributed by atoms with E-state index in [0.717, 1.165) is 12.0 Å². The number of aromatic nitrogens is 3. The van der Waals surface area contributed by atoms with Crippen LogP contribution in [0.25, 0.3) is 0 Å². The van der Waals surface area contributed by atoms with Crippen LogP contribution in [0.5, 0.6) is 0 Å². The van der Waals surface area contributed by atoms with Crippen molar-refractivity contribution in [2.75, 3.05) is 13.1 Å². The highest BCUT2D eigenvalue weighted by Gasteiger charge is 2.33. The Kier molecular flexibility index (Phi) is 5.65. The second-order valence-corrected chi connectivity index (χ2v) is 6.53. The van der Waals surface area contributed by atoms with Gasteiger partial charge in [0.05, 0.1) is 17.1 Å². The first-order valence-electron chi connectivity index (χ1n) is 8.24. The largest absolute Gasteiger partial charge is 0.356 e. The van der Waals surface area contributed by atoms with Crippen LogP contribution in [0.2, 0.25) is 5.02 Å². The lowest BCUT2D eigenvalue weighted by molar-refractivity contribution is -0.129. The number of hydrogen-bond acceptors (Lipinski definition) is 4. The van der Waals surface area contributed by atoms with Crippen LogP contribution < -0.4 is 5.32 Å². The first kappa shape index (κ1) is 17.4. The topological polar surface area (TPSA) is 80.1 Å². The number of nitrogens with one attached hydrogen (secondary N) is 1. The predicted molar refractivity (Wildman–Crippen MR) is 92.6 cm³/mol. The van der Waals surface area contributed by atoms with Gasteiger partial charge >= 0.3 is 0 Å². The number of carbonyl (C=O) groups is 2. The van der Waals surface area contributed by atoms with Gasteiger partial charge in [0.25, 0.3) is 0 Å². The first-order chi connectivity index (χ1) is 12.1. The molecule has 1 unspecified atom stereocenters. The fourth-order valence-electron chi connectivity index (χ4n) is 2.87. The summed E-state index contributed by atoms with van der Waals surface area (Å²) < 4.78 is 1.74. The minimum atomic E-state index is -0.284. The molecule has 0 bridgehead atoms. The van der Waals surface area contributed by atoms with Gasteiger partial charge in [0.15, 0.2) is 0 Å². The number of amides is 2. The fraction of sp³-hybridized carbons (Fsp3) is 0.412. The lowest BCUT2D eigenvalue weighted by atomic mass is 10.1. The fourth-order valence-corrected chi connectivity index (χ4v) is 3.02. The monoisotopic (exact) mass is 361 g/mol. The molecule has 1 aliphatic rings. The van der Waals surface area contributed by atoms with Crippen LogP contribution in [0.15, 0.2) is 36.9 Å². The van der Waals surface area contributed by atoms with Crippen molar-refractivity contribution in [2.24, 2.45) is 5.92 Å². The zero-order chi connectivity index (χ0) is 17.6. The molecule has 0 saturated carbocycles. The molecule has 0 radical (unpaired) electrons. The maximum Gasteiger partial charge on any atom is 0.225 e. The third-order valence-electron chi connectivity index (χ3n) is 4.17. The van der Waals surface area contributed by atoms with Crippen molar-refractivity contribution in [3.8, 4) is 0 Å². The van der Waals surface area contributed by atoms with Crippen LogP contribution in [-0.4, -0.2) is 44.6 Å². The summed E-state index contributed by atoms with van der Waals surface area (Å²) in [6, 6.07) is 3.75. The van der Waals surface area contributed by atoms with Gasteiger partial charge in [0, 0.05) is 51.2 Å². The summed E-state index contributed by atoms with van der Waals surface area (Å²) in [7, 11) is 0. The predicted octanol–water partition coefficient (Wildman–Crippen LogP) is 1.49. The van der Waals surface area contributed by atoms with Crippen LogP contribution in [0.1, 0.15) is 18.4 Å². The number of nitrogens with zero attached hydrogens (tertiary/aromatic N) is 4. The third-order valence-corrected chi connectivity index (χ3v) is 4.37. The molecule has 7 nitrogen and oxygen atoms in total. The summed E-state index contributed by atoms with van der Waals surface area (Å²) in [5, 5.41) is 7.59. The van der Waals surface area contributed by atoms with Crippen LogP contribution in [0.4, 0.5) is 0 Å². The quantitative estimate of drug-likeness (QED) is 0.758. The van der Waals surface area contributed by atoms with Crippen LogP contribution >= 0.6 is 11.6 Å². The Labute approximate surface area is 151 Å². The maximum atomic E-state index is 12.3. The van der Waals surface area contributed by atoms with E-state index >= 15 is 0 Å². The zero-order valence-electron chi connectivity index (χ0n) is 13.8. The van der Waals surface area contributed by atoms with E-state index < -0.39 is 0 Å². The molecule has 2 aromatic rings. The maximum absolute atomic E-state index is 12.3. The SMILES string of the molecule is O=C(NCCCn1cc(Cl)cn1)C1CC(=O)N(Cc2ccncc2)C1. The molecule has 132 valence electrons. The van der Waals surface area contributed by atoms with Gasteiger partial charge in [-0.3, -0.25) is 19.3 Å². The van der Waals surface area contributed by atoms with Gasteiger partial charge in [-0.25, -0.2) is 0 Å². The Hall–Kier alpha value is -2.41. The minimum absolute atomic E-state index is 0.0168. The highest BCUT2D eigenvalue weighted by molar-refractivity contribution is 6.30. The summed E-state index contributed by atoms with van der Waals surface area (Å²) in [5.74, 6) is -0.333. The van der Waals surface area contributed by atoms with Gasteiger partial charge in [-0.05, 0) is 24.1 Å². The van der Waals surface area contributed by atoms with Gasteiger partial charge < -0.3 is 10.2 Å². The van der Waals surface area contributed by atoms with E-state index in [1.165, 1.54) is 0 Å². The molecule has 1 fully saturated rings. The highest BCUT2D eigenvalue weighted by atomic mass is 35.5. The standard InChI is InChI=1S/C17H20ClN5O2/c18-15-9-21-23(12-15)7-1-4-20-17(25)14-8-16(24)22(11-14)10-13-2-5-19-6-3-13/h2-3,5-6,9,12,14H,1,4,7-8,10-11H2,(H,20,25). The number of hydrogen-bond donors (Lipinski definition) is 1. The molecule has 8 heteroatoms. The molecule has 0 aromatic carbocycles. The summed E-state index contributed by atoms with van der Waals surface area (Å²) in [6.45, 7) is 2.21. The molecule has 0 aliphatic carbocycles. The lowest BCUT2D eigenvalue weighted by Crippen LogP contribution is -2.33. The number of halogens is 1. The molecule has 2 amide bonds. The zero-order valence-corrected chi connectivity index (χ0v) is 14.5. The van der Waals surface area contributed by atoms with Crippen LogP contribution in [0.3, 0.4) is 0 Å². The third kappa shape index (κ3) is 4.79. The average molecular weight is 362 g/mol. The summed E-state index contributed by atoms with van der Waals surface area (Å²) >= 11 is 5.80. The van der Waals surface area contributed by atoms with Crippen molar-refractivity contribution in [2.45, 2.75) is 25.9 Å². The van der Waals surface area contributed by atoms with Crippen molar-refractivity contribution in [1.82, 2.24) is 25.0 Å². The van der Waals surface area contributed by atoms with E-state index in [1.54, 1.807) is 34.4 Å². The van der Waals surface area contributed by atoms with E-state index in [2.05, 4.69) is 15.4 Å². The van der Waals surface area contributed by atoms with Crippen molar-refractivity contribution >= 4 is 23.4 Å². The van der Waals surface area contributed by atoms with Gasteiger partial charge in [0.2, 0.25) is 11.8 Å². The number of aryl methyl sites for hydroxylation is 1. The van der Waals surface area contributed by atoms with Gasteiger partial charge in [0.1, 0.15) is 0 Å². The summed E-state index contributed by atoms with van der Waals surface area (Å²) in [5.41, 5.74) is 1.02. The smallest absolute Gasteiger partial charge is 0.225 e. The molecular formula is C17H20ClN5O2. The van der Waals surface area contributed by atoms with Gasteiger partial charge in [-0.15, -0.1) is 0 Å². The molecule has 0 spiro atoms. The molecule has 1 N–H and O–H groups in total. The molecule has 3 heterocycles. The van der Waals surface area contributed by atoms with Gasteiger partial charge in [-0.2, -0.15) is 5.10 Å². The Morgan fingerprint density at radius 3 is 2.88 bits per heavy atom. The first-order valence-corrected chi connectivity index (χ1v) is 8.62. The Morgan fingerprint density at radius 2 is 2.16 bits per heavy atom. The van der Waals surface area contributed by atoms with Crippen LogP contribution in [-0.2, 0) is 22.7 Å². The molecule has 1 aliphatic heterocycles. The highest BCUT2D eigenvalue weighted by Crippen LogP contribution is 2.20. The average Bonchev–Trinajstić information content (AvgIpc) is 3.18. The molecule has 2 aromatic heterocycles. The number of rotatable bonds is 7. The Balaban J connectivity index is 1.41. The van der Waals surface area contributed by atoms with E-state index in [4.69, 9.17) is 11.6 Å². The van der Waals surface area contributed by atoms with Crippen molar-refractivity contribution in [1.29, 1.82) is 0 Å². The number of pyridine rings is 1. The van der Waals surface area contributed by atoms with Crippen molar-refractivity contribution in [3.63, 3.8) is 0 Å². The molecule has 25 heavy (non-hydrogen) atoms. The summed E-state index contributed by atoms with van der Waals surface area (Å²) in [6.07, 6.45) is 7.76. The normalized spacial score (nSPS) is 17.1. The second kappa shape index (κ2) is 8.11. The molecule has 1 saturated heterocycles. The van der Waals surface area contributed by atoms with E-state index in [-0.39, 0.29) is 24.2 Å². The Bertz CT molecular complexity index is 734. The number of carbonyl (C=O) groups excluding carboxylic acids is 2. The van der Waals surface area contributed by atoms with Gasteiger partial charge in [-0.1, -0.05) is 11.6 Å². The molecular weight excluding hydrogens is 342 g/mol. The van der Waals surface area contributed by atoms with Crippen LogP contribution in [0, 0.1) is 5.92 Å². The second-order valence-electron chi connectivity index (χ2n) is 6.10. The van der Waals surface area contributed by atoms with Crippen molar-refractivity contribution in [3.05, 3.63) is 47.5 Å². The van der Waals surface area contributed by atoms with E-state index in [0.29, 0.717) is 31.2 Å². The van der Waals surface area contributed by atoms with Crippen molar-refractivity contribution < 1.29 is 9.59 Å². The molecule has 1 atom stereocenters. The summed E-state index contributed by atoms with van der Waals surface area (Å²) in [4.78, 5) is 30.1. The van der Waals surface area contributed by atoms with E-state index in [9.17, 15) is 9.59 Å². The number of likely N-dealkylation sites (tertiary alicyclic amines) is 1. The minimum Gasteiger partial charge on any atom is -0.356 e.